The van der Waals surface area contributed by atoms with Gasteiger partial charge in [-0.3, -0.25) is 4.79 Å². The highest BCUT2D eigenvalue weighted by Gasteiger charge is 2.06. The molecule has 88 valence electrons. The molecular weight excluding hydrogens is 302 g/mol. The molecule has 17 heavy (non-hydrogen) atoms. The Morgan fingerprint density at radius 2 is 2.29 bits per heavy atom. The molecule has 1 aromatic carbocycles. The fourth-order valence-corrected chi connectivity index (χ4v) is 2.72. The molecule has 0 radical (unpaired) electrons. The number of aromatic nitrogens is 1. The van der Waals surface area contributed by atoms with Crippen molar-refractivity contribution in [2.45, 2.75) is 12.8 Å². The molecule has 0 saturated heterocycles. The van der Waals surface area contributed by atoms with Crippen LogP contribution in [0.5, 0.6) is 0 Å². The molecule has 2 rings (SSSR count). The van der Waals surface area contributed by atoms with Gasteiger partial charge < -0.3 is 5.11 Å². The summed E-state index contributed by atoms with van der Waals surface area (Å²) in [5.74, 6) is -0.776. The van der Waals surface area contributed by atoms with Gasteiger partial charge in [-0.1, -0.05) is 28.1 Å². The summed E-state index contributed by atoms with van der Waals surface area (Å²) in [7, 11) is 0. The summed E-state index contributed by atoms with van der Waals surface area (Å²) in [4.78, 5) is 15.8. The first-order chi connectivity index (χ1) is 8.15. The molecule has 0 atom stereocenters. The predicted octanol–water partition coefficient (Wildman–Crippen LogP) is 3.59. The summed E-state index contributed by atoms with van der Waals surface area (Å²) >= 11 is 4.96. The van der Waals surface area contributed by atoms with Crippen LogP contribution in [-0.4, -0.2) is 16.1 Å². The molecule has 0 amide bonds. The highest BCUT2D eigenvalue weighted by molar-refractivity contribution is 9.10. The standard InChI is InChI=1S/C12H10BrNO2S/c13-9-3-1-2-8(6-9)12-14-7-10(17-12)4-5-11(15)16/h1-3,6-7H,4-5H2,(H,15,16). The van der Waals surface area contributed by atoms with Crippen LogP contribution in [0.2, 0.25) is 0 Å². The first-order valence-electron chi connectivity index (χ1n) is 5.07. The summed E-state index contributed by atoms with van der Waals surface area (Å²) in [6, 6.07) is 7.91. The van der Waals surface area contributed by atoms with Crippen molar-refractivity contribution in [1.82, 2.24) is 4.98 Å². The summed E-state index contributed by atoms with van der Waals surface area (Å²) in [6.07, 6.45) is 2.45. The Morgan fingerprint density at radius 3 is 3.00 bits per heavy atom. The molecule has 0 fully saturated rings. The Morgan fingerprint density at radius 1 is 1.47 bits per heavy atom. The molecule has 3 nitrogen and oxygen atoms in total. The second-order valence-electron chi connectivity index (χ2n) is 3.54. The summed E-state index contributed by atoms with van der Waals surface area (Å²) in [5, 5.41) is 9.54. The van der Waals surface area contributed by atoms with Gasteiger partial charge in [-0.05, 0) is 18.6 Å². The van der Waals surface area contributed by atoms with E-state index < -0.39 is 5.97 Å². The number of carboxylic acids is 1. The molecule has 1 heterocycles. The number of nitrogens with zero attached hydrogens (tertiary/aromatic N) is 1. The third kappa shape index (κ3) is 3.38. The monoisotopic (exact) mass is 311 g/mol. The lowest BCUT2D eigenvalue weighted by Gasteiger charge is -1.96. The van der Waals surface area contributed by atoms with Crippen molar-refractivity contribution in [3.8, 4) is 10.6 Å². The van der Waals surface area contributed by atoms with E-state index in [1.807, 2.05) is 24.3 Å². The zero-order valence-corrected chi connectivity index (χ0v) is 11.3. The molecule has 0 aliphatic carbocycles. The predicted molar refractivity (Wildman–Crippen MR) is 71.2 cm³/mol. The van der Waals surface area contributed by atoms with Crippen molar-refractivity contribution in [3.63, 3.8) is 0 Å². The van der Waals surface area contributed by atoms with Crippen molar-refractivity contribution < 1.29 is 9.90 Å². The summed E-state index contributed by atoms with van der Waals surface area (Å²) in [6.45, 7) is 0. The minimum absolute atomic E-state index is 0.153. The molecule has 1 aromatic heterocycles. The largest absolute Gasteiger partial charge is 0.481 e. The van der Waals surface area contributed by atoms with Crippen LogP contribution in [0.1, 0.15) is 11.3 Å². The average molecular weight is 312 g/mol. The molecule has 0 saturated carbocycles. The van der Waals surface area contributed by atoms with Gasteiger partial charge in [0.05, 0.1) is 6.42 Å². The maximum absolute atomic E-state index is 10.5. The number of aryl methyl sites for hydroxylation is 1. The average Bonchev–Trinajstić information content (AvgIpc) is 2.75. The fraction of sp³-hybridized carbons (Fsp3) is 0.167. The molecule has 2 aromatic rings. The molecule has 5 heteroatoms. The Hall–Kier alpha value is -1.20. The van der Waals surface area contributed by atoms with E-state index >= 15 is 0 Å². The van der Waals surface area contributed by atoms with Crippen LogP contribution in [-0.2, 0) is 11.2 Å². The van der Waals surface area contributed by atoms with E-state index in [1.165, 1.54) is 0 Å². The number of benzene rings is 1. The van der Waals surface area contributed by atoms with E-state index in [-0.39, 0.29) is 6.42 Å². The Balaban J connectivity index is 2.15. The Kier molecular flexibility index (Phi) is 3.91. The second-order valence-corrected chi connectivity index (χ2v) is 5.57. The van der Waals surface area contributed by atoms with Crippen LogP contribution in [0.25, 0.3) is 10.6 Å². The first-order valence-corrected chi connectivity index (χ1v) is 6.68. The van der Waals surface area contributed by atoms with Crippen LogP contribution in [0.3, 0.4) is 0 Å². The van der Waals surface area contributed by atoms with Crippen molar-refractivity contribution in [2.24, 2.45) is 0 Å². The quantitative estimate of drug-likeness (QED) is 0.938. The van der Waals surface area contributed by atoms with Crippen molar-refractivity contribution in [3.05, 3.63) is 39.8 Å². The normalized spacial score (nSPS) is 10.4. The van der Waals surface area contributed by atoms with Gasteiger partial charge >= 0.3 is 5.97 Å². The van der Waals surface area contributed by atoms with Gasteiger partial charge in [0.15, 0.2) is 0 Å². The minimum Gasteiger partial charge on any atom is -0.481 e. The number of carbonyl (C=O) groups is 1. The lowest BCUT2D eigenvalue weighted by Crippen LogP contribution is -1.95. The van der Waals surface area contributed by atoms with E-state index in [2.05, 4.69) is 20.9 Å². The Bertz CT molecular complexity index is 539. The van der Waals surface area contributed by atoms with E-state index in [9.17, 15) is 4.79 Å². The van der Waals surface area contributed by atoms with Crippen LogP contribution in [0, 0.1) is 0 Å². The van der Waals surface area contributed by atoms with Gasteiger partial charge in [-0.2, -0.15) is 0 Å². The van der Waals surface area contributed by atoms with Gasteiger partial charge in [0.25, 0.3) is 0 Å². The molecule has 0 spiro atoms. The van der Waals surface area contributed by atoms with Crippen molar-refractivity contribution >= 4 is 33.2 Å². The Labute approximate surface area is 111 Å². The van der Waals surface area contributed by atoms with Crippen LogP contribution < -0.4 is 0 Å². The van der Waals surface area contributed by atoms with E-state index in [4.69, 9.17) is 5.11 Å². The summed E-state index contributed by atoms with van der Waals surface area (Å²) in [5.41, 5.74) is 1.05. The van der Waals surface area contributed by atoms with E-state index in [0.29, 0.717) is 6.42 Å². The fourth-order valence-electron chi connectivity index (χ4n) is 1.41. The minimum atomic E-state index is -0.776. The molecule has 1 N–H and O–H groups in total. The zero-order valence-electron chi connectivity index (χ0n) is 8.89. The van der Waals surface area contributed by atoms with Gasteiger partial charge in [0, 0.05) is 21.1 Å². The SMILES string of the molecule is O=C(O)CCc1cnc(-c2cccc(Br)c2)s1. The van der Waals surface area contributed by atoms with Gasteiger partial charge in [-0.25, -0.2) is 4.98 Å². The van der Waals surface area contributed by atoms with E-state index in [0.717, 1.165) is 19.9 Å². The van der Waals surface area contributed by atoms with Crippen LogP contribution in [0.4, 0.5) is 0 Å². The maximum Gasteiger partial charge on any atom is 0.303 e. The smallest absolute Gasteiger partial charge is 0.303 e. The third-order valence-corrected chi connectivity index (χ3v) is 3.81. The highest BCUT2D eigenvalue weighted by Crippen LogP contribution is 2.27. The number of rotatable bonds is 4. The third-order valence-electron chi connectivity index (χ3n) is 2.21. The molecular formula is C12H10BrNO2S. The van der Waals surface area contributed by atoms with Crippen molar-refractivity contribution in [2.75, 3.05) is 0 Å². The maximum atomic E-state index is 10.5. The van der Waals surface area contributed by atoms with E-state index in [1.54, 1.807) is 17.5 Å². The molecule has 0 aliphatic heterocycles. The molecule has 0 unspecified atom stereocenters. The zero-order chi connectivity index (χ0) is 12.3. The topological polar surface area (TPSA) is 50.2 Å². The lowest BCUT2D eigenvalue weighted by molar-refractivity contribution is -0.136. The van der Waals surface area contributed by atoms with Crippen LogP contribution >= 0.6 is 27.3 Å². The number of hydrogen-bond acceptors (Lipinski definition) is 3. The van der Waals surface area contributed by atoms with Gasteiger partial charge in [0.2, 0.25) is 0 Å². The number of carboxylic acid groups (broad SMARTS) is 1. The number of thiazole rings is 1. The number of aliphatic carboxylic acids is 1. The first kappa shape index (κ1) is 12.3. The number of hydrogen-bond donors (Lipinski definition) is 1. The van der Waals surface area contributed by atoms with Gasteiger partial charge in [-0.15, -0.1) is 11.3 Å². The molecule has 0 aliphatic rings. The second kappa shape index (κ2) is 5.42. The van der Waals surface area contributed by atoms with Crippen molar-refractivity contribution in [1.29, 1.82) is 0 Å². The van der Waals surface area contributed by atoms with Gasteiger partial charge in [0.1, 0.15) is 5.01 Å². The lowest BCUT2D eigenvalue weighted by atomic mass is 10.2. The van der Waals surface area contributed by atoms with Crippen LogP contribution in [0.15, 0.2) is 34.9 Å². The highest BCUT2D eigenvalue weighted by atomic mass is 79.9. The number of halogens is 1. The summed E-state index contributed by atoms with van der Waals surface area (Å²) < 4.78 is 1.01. The molecule has 0 bridgehead atoms.